The van der Waals surface area contributed by atoms with Crippen LogP contribution >= 0.6 is 23.2 Å². The van der Waals surface area contributed by atoms with Gasteiger partial charge in [0.25, 0.3) is 0 Å². The second-order valence-electron chi connectivity index (χ2n) is 2.68. The highest BCUT2D eigenvalue weighted by Crippen LogP contribution is 2.22. The zero-order valence-electron chi connectivity index (χ0n) is 6.47. The summed E-state index contributed by atoms with van der Waals surface area (Å²) in [5.74, 6) is 0. The lowest BCUT2D eigenvalue weighted by molar-refractivity contribution is 1.27. The van der Waals surface area contributed by atoms with E-state index in [1.165, 1.54) is 6.07 Å². The fourth-order valence-corrected chi connectivity index (χ4v) is 1.65. The van der Waals surface area contributed by atoms with Gasteiger partial charge in [-0.05, 0) is 23.6 Å². The third-order valence-electron chi connectivity index (χ3n) is 1.77. The van der Waals surface area contributed by atoms with Crippen LogP contribution in [0.1, 0.15) is 0 Å². The van der Waals surface area contributed by atoms with Crippen LogP contribution in [0.3, 0.4) is 0 Å². The molecule has 1 heterocycles. The van der Waals surface area contributed by atoms with Crippen LogP contribution in [-0.2, 0) is 0 Å². The van der Waals surface area contributed by atoms with Crippen molar-refractivity contribution < 1.29 is 0 Å². The smallest absolute Gasteiger partial charge is 0.249 e. The summed E-state index contributed by atoms with van der Waals surface area (Å²) in [5, 5.41) is 2.49. The number of H-pyrrole nitrogens is 1. The van der Waals surface area contributed by atoms with Gasteiger partial charge in [0.2, 0.25) is 5.56 Å². The minimum absolute atomic E-state index is 0.222. The molecule has 0 saturated carbocycles. The molecule has 0 unspecified atom stereocenters. The Labute approximate surface area is 84.1 Å². The Kier molecular flexibility index (Phi) is 2.02. The van der Waals surface area contributed by atoms with E-state index >= 15 is 0 Å². The Bertz CT molecular complexity index is 518. The Morgan fingerprint density at radius 3 is 2.69 bits per heavy atom. The lowest BCUT2D eigenvalue weighted by Gasteiger charge is -1.99. The van der Waals surface area contributed by atoms with Crippen molar-refractivity contribution in [3.05, 3.63) is 44.8 Å². The molecule has 1 aromatic heterocycles. The molecule has 2 nitrogen and oxygen atoms in total. The van der Waals surface area contributed by atoms with Crippen molar-refractivity contribution in [2.45, 2.75) is 0 Å². The molecule has 0 aliphatic carbocycles. The van der Waals surface area contributed by atoms with Gasteiger partial charge in [-0.15, -0.1) is 0 Å². The Morgan fingerprint density at radius 1 is 1.15 bits per heavy atom. The number of pyridine rings is 1. The van der Waals surface area contributed by atoms with Gasteiger partial charge in [0.1, 0.15) is 5.15 Å². The van der Waals surface area contributed by atoms with E-state index in [9.17, 15) is 4.79 Å². The zero-order chi connectivity index (χ0) is 9.42. The van der Waals surface area contributed by atoms with Gasteiger partial charge in [0.05, 0.1) is 0 Å². The highest BCUT2D eigenvalue weighted by Gasteiger charge is 2.00. The van der Waals surface area contributed by atoms with Crippen LogP contribution in [0.2, 0.25) is 10.2 Å². The average Bonchev–Trinajstić information content (AvgIpc) is 2.02. The average molecular weight is 214 g/mol. The minimum Gasteiger partial charge on any atom is -0.312 e. The summed E-state index contributed by atoms with van der Waals surface area (Å²) in [7, 11) is 0. The summed E-state index contributed by atoms with van der Waals surface area (Å²) >= 11 is 11.6. The number of halogens is 2. The van der Waals surface area contributed by atoms with Crippen LogP contribution < -0.4 is 5.56 Å². The van der Waals surface area contributed by atoms with Gasteiger partial charge in [-0.2, -0.15) is 0 Å². The van der Waals surface area contributed by atoms with Gasteiger partial charge >= 0.3 is 0 Å². The lowest BCUT2D eigenvalue weighted by atomic mass is 10.2. The van der Waals surface area contributed by atoms with Gasteiger partial charge in [-0.1, -0.05) is 23.2 Å². The Balaban J connectivity index is 2.94. The molecule has 1 aromatic carbocycles. The number of rotatable bonds is 0. The predicted octanol–water partition coefficient (Wildman–Crippen LogP) is 2.83. The van der Waals surface area contributed by atoms with Crippen LogP contribution in [0, 0.1) is 0 Å². The van der Waals surface area contributed by atoms with Crippen LogP contribution in [0.4, 0.5) is 0 Å². The molecule has 2 rings (SSSR count). The van der Waals surface area contributed by atoms with Crippen molar-refractivity contribution in [2.75, 3.05) is 0 Å². The van der Waals surface area contributed by atoms with Crippen molar-refractivity contribution in [1.29, 1.82) is 0 Å². The number of aromatic nitrogens is 1. The number of benzene rings is 1. The van der Waals surface area contributed by atoms with E-state index in [0.717, 1.165) is 10.8 Å². The first-order chi connectivity index (χ1) is 6.16. The first kappa shape index (κ1) is 8.60. The van der Waals surface area contributed by atoms with Gasteiger partial charge in [0.15, 0.2) is 0 Å². The quantitative estimate of drug-likeness (QED) is 0.672. The van der Waals surface area contributed by atoms with E-state index in [0.29, 0.717) is 10.2 Å². The number of fused-ring (bicyclic) bond motifs is 1. The van der Waals surface area contributed by atoms with E-state index in [1.807, 2.05) is 0 Å². The second-order valence-corrected chi connectivity index (χ2v) is 3.49. The molecule has 0 fully saturated rings. The summed E-state index contributed by atoms with van der Waals surface area (Å²) in [6, 6.07) is 6.68. The Hall–Kier alpha value is -0.990. The molecule has 0 bridgehead atoms. The van der Waals surface area contributed by atoms with Crippen molar-refractivity contribution >= 4 is 34.0 Å². The maximum Gasteiger partial charge on any atom is 0.249 e. The molecule has 0 spiro atoms. The highest BCUT2D eigenvalue weighted by molar-refractivity contribution is 6.35. The molecule has 2 aromatic rings. The molecule has 0 saturated heterocycles. The molecule has 13 heavy (non-hydrogen) atoms. The molecular weight excluding hydrogens is 209 g/mol. The van der Waals surface area contributed by atoms with E-state index in [1.54, 1.807) is 18.2 Å². The molecule has 0 amide bonds. The maximum atomic E-state index is 11.0. The molecule has 0 radical (unpaired) electrons. The largest absolute Gasteiger partial charge is 0.312 e. The van der Waals surface area contributed by atoms with Gasteiger partial charge in [-0.3, -0.25) is 4.79 Å². The van der Waals surface area contributed by atoms with Gasteiger partial charge < -0.3 is 4.98 Å². The van der Waals surface area contributed by atoms with Crippen molar-refractivity contribution in [3.8, 4) is 0 Å². The fraction of sp³-hybridized carbons (Fsp3) is 0. The molecule has 0 atom stereocenters. The predicted molar refractivity (Wildman–Crippen MR) is 54.6 cm³/mol. The fourth-order valence-electron chi connectivity index (χ4n) is 1.21. The highest BCUT2D eigenvalue weighted by atomic mass is 35.5. The summed E-state index contributed by atoms with van der Waals surface area (Å²) < 4.78 is 0. The van der Waals surface area contributed by atoms with E-state index in [-0.39, 0.29) is 5.56 Å². The molecule has 66 valence electrons. The lowest BCUT2D eigenvalue weighted by Crippen LogP contribution is -2.03. The van der Waals surface area contributed by atoms with Crippen molar-refractivity contribution in [1.82, 2.24) is 4.98 Å². The summed E-state index contributed by atoms with van der Waals surface area (Å²) in [6.07, 6.45) is 0. The van der Waals surface area contributed by atoms with Crippen molar-refractivity contribution in [2.24, 2.45) is 0 Å². The van der Waals surface area contributed by atoms with Crippen LogP contribution in [-0.4, -0.2) is 4.98 Å². The normalized spacial score (nSPS) is 10.6. The van der Waals surface area contributed by atoms with E-state index < -0.39 is 0 Å². The maximum absolute atomic E-state index is 11.0. The van der Waals surface area contributed by atoms with Crippen molar-refractivity contribution in [3.63, 3.8) is 0 Å². The van der Waals surface area contributed by atoms with E-state index in [2.05, 4.69) is 4.98 Å². The van der Waals surface area contributed by atoms with Crippen LogP contribution in [0.15, 0.2) is 29.1 Å². The topological polar surface area (TPSA) is 32.9 Å². The summed E-state index contributed by atoms with van der Waals surface area (Å²) in [5.41, 5.74) is -0.222. The number of nitrogens with one attached hydrogen (secondary N) is 1. The third kappa shape index (κ3) is 1.55. The first-order valence-electron chi connectivity index (χ1n) is 3.65. The van der Waals surface area contributed by atoms with E-state index in [4.69, 9.17) is 23.2 Å². The zero-order valence-corrected chi connectivity index (χ0v) is 7.99. The molecule has 0 aliphatic heterocycles. The van der Waals surface area contributed by atoms with Gasteiger partial charge in [-0.25, -0.2) is 0 Å². The molecular formula is C9H5Cl2NO. The number of hydrogen-bond donors (Lipinski definition) is 1. The first-order valence-corrected chi connectivity index (χ1v) is 4.40. The van der Waals surface area contributed by atoms with Gasteiger partial charge in [0, 0.05) is 16.5 Å². The molecule has 4 heteroatoms. The molecule has 1 N–H and O–H groups in total. The summed E-state index contributed by atoms with van der Waals surface area (Å²) in [6.45, 7) is 0. The summed E-state index contributed by atoms with van der Waals surface area (Å²) in [4.78, 5) is 13.5. The number of hydrogen-bond acceptors (Lipinski definition) is 1. The third-order valence-corrected chi connectivity index (χ3v) is 2.30. The van der Waals surface area contributed by atoms with Crippen LogP contribution in [0.25, 0.3) is 10.8 Å². The van der Waals surface area contributed by atoms with Crippen LogP contribution in [0.5, 0.6) is 0 Å². The monoisotopic (exact) mass is 213 g/mol. The molecule has 0 aliphatic rings. The number of aromatic amines is 1. The standard InChI is InChI=1S/C9H5Cl2NO/c10-6-1-2-7-5(3-6)4-8(13)12-9(7)11/h1-4H,(H,12,13). The SMILES string of the molecule is O=c1cc2cc(Cl)ccc2c(Cl)[nH]1. The Morgan fingerprint density at radius 2 is 1.92 bits per heavy atom. The second kappa shape index (κ2) is 3.05. The minimum atomic E-state index is -0.222.